The number of likely N-dealkylation sites (tertiary alicyclic amines) is 1. The van der Waals surface area contributed by atoms with Crippen molar-refractivity contribution in [3.63, 3.8) is 0 Å². The van der Waals surface area contributed by atoms with E-state index in [1.807, 2.05) is 12.1 Å². The molecule has 0 aromatic heterocycles. The molecule has 0 unspecified atom stereocenters. The van der Waals surface area contributed by atoms with Crippen molar-refractivity contribution in [2.24, 2.45) is 11.8 Å². The van der Waals surface area contributed by atoms with Crippen molar-refractivity contribution in [1.82, 2.24) is 0 Å². The molecule has 21 heavy (non-hydrogen) atoms. The molecule has 1 aromatic carbocycles. The van der Waals surface area contributed by atoms with Gasteiger partial charge in [0.05, 0.1) is 13.1 Å². The number of anilines is 1. The number of piperidine rings is 1. The van der Waals surface area contributed by atoms with Crippen LogP contribution in [-0.4, -0.2) is 25.5 Å². The predicted molar refractivity (Wildman–Crippen MR) is 87.7 cm³/mol. The monoisotopic (exact) mass is 289 g/mol. The second kappa shape index (κ2) is 7.08. The first-order chi connectivity index (χ1) is 9.94. The van der Waals surface area contributed by atoms with Crippen molar-refractivity contribution in [3.05, 3.63) is 29.8 Å². The molecular formula is C18H29N2O+. The number of benzene rings is 1. The number of nitrogens with one attached hydrogen (secondary N) is 2. The maximum absolute atomic E-state index is 12.2. The summed E-state index contributed by atoms with van der Waals surface area (Å²) in [6.45, 7) is 11.7. The molecule has 1 fully saturated rings. The van der Waals surface area contributed by atoms with Crippen molar-refractivity contribution >= 4 is 11.6 Å². The Balaban J connectivity index is 1.86. The van der Waals surface area contributed by atoms with Gasteiger partial charge < -0.3 is 10.2 Å². The van der Waals surface area contributed by atoms with Crippen LogP contribution in [0.25, 0.3) is 0 Å². The third-order valence-corrected chi connectivity index (χ3v) is 4.35. The summed E-state index contributed by atoms with van der Waals surface area (Å²) in [6, 6.07) is 8.20. The van der Waals surface area contributed by atoms with Crippen LogP contribution in [0.15, 0.2) is 24.3 Å². The molecule has 3 heteroatoms. The summed E-state index contributed by atoms with van der Waals surface area (Å²) in [6.07, 6.45) is 1.29. The van der Waals surface area contributed by atoms with Gasteiger partial charge in [-0.05, 0) is 30.0 Å². The first kappa shape index (κ1) is 16.0. The lowest BCUT2D eigenvalue weighted by molar-refractivity contribution is -0.904. The zero-order valence-electron chi connectivity index (χ0n) is 13.8. The second-order valence-corrected chi connectivity index (χ2v) is 7.11. The van der Waals surface area contributed by atoms with Crippen molar-refractivity contribution in [2.75, 3.05) is 25.0 Å². The Kier molecular flexibility index (Phi) is 5.40. The molecule has 0 aliphatic carbocycles. The number of carbonyl (C=O) groups is 1. The maximum Gasteiger partial charge on any atom is 0.279 e. The van der Waals surface area contributed by atoms with Gasteiger partial charge >= 0.3 is 0 Å². The molecule has 1 heterocycles. The third kappa shape index (κ3) is 4.85. The molecule has 3 nitrogen and oxygen atoms in total. The maximum atomic E-state index is 12.2. The van der Waals surface area contributed by atoms with E-state index in [2.05, 4.69) is 45.1 Å². The van der Waals surface area contributed by atoms with E-state index in [1.165, 1.54) is 16.9 Å². The molecule has 0 bridgehead atoms. The van der Waals surface area contributed by atoms with Crippen LogP contribution >= 0.6 is 0 Å². The second-order valence-electron chi connectivity index (χ2n) is 7.11. The highest BCUT2D eigenvalue weighted by Gasteiger charge is 2.26. The topological polar surface area (TPSA) is 33.5 Å². The highest BCUT2D eigenvalue weighted by Crippen LogP contribution is 2.17. The molecule has 0 spiro atoms. The smallest absolute Gasteiger partial charge is 0.279 e. The van der Waals surface area contributed by atoms with E-state index >= 15 is 0 Å². The number of carbonyl (C=O) groups excluding carboxylic acids is 1. The number of rotatable bonds is 4. The number of hydrogen-bond donors (Lipinski definition) is 2. The summed E-state index contributed by atoms with van der Waals surface area (Å²) in [5, 5.41) is 3.03. The zero-order chi connectivity index (χ0) is 15.4. The van der Waals surface area contributed by atoms with Crippen LogP contribution in [0.3, 0.4) is 0 Å². The van der Waals surface area contributed by atoms with Gasteiger partial charge in [0.1, 0.15) is 0 Å². The fourth-order valence-corrected chi connectivity index (χ4v) is 3.45. The highest BCUT2D eigenvalue weighted by atomic mass is 16.2. The van der Waals surface area contributed by atoms with Crippen molar-refractivity contribution < 1.29 is 9.69 Å². The fraction of sp³-hybridized carbons (Fsp3) is 0.611. The predicted octanol–water partition coefficient (Wildman–Crippen LogP) is 2.31. The average Bonchev–Trinajstić information content (AvgIpc) is 2.37. The lowest BCUT2D eigenvalue weighted by Crippen LogP contribution is -3.15. The largest absolute Gasteiger partial charge is 0.327 e. The first-order valence-corrected chi connectivity index (χ1v) is 8.17. The van der Waals surface area contributed by atoms with Crippen molar-refractivity contribution in [2.45, 2.75) is 40.0 Å². The van der Waals surface area contributed by atoms with Gasteiger partial charge in [-0.1, -0.05) is 39.8 Å². The Morgan fingerprint density at radius 2 is 1.76 bits per heavy atom. The summed E-state index contributed by atoms with van der Waals surface area (Å²) in [7, 11) is 0. The normalized spacial score (nSPS) is 25.9. The van der Waals surface area contributed by atoms with Gasteiger partial charge in [-0.25, -0.2) is 0 Å². The standard InChI is InChI=1S/C18H28N2O/c1-13(2)16-5-7-17(8-6-16)19-18(21)12-20-10-14(3)9-15(4)11-20/h5-8,13-15H,9-12H2,1-4H3,(H,19,21)/p+1/t14-,15-/m0/s1. The van der Waals surface area contributed by atoms with Crippen LogP contribution in [0.1, 0.15) is 45.6 Å². The number of hydrogen-bond acceptors (Lipinski definition) is 1. The number of amides is 1. The third-order valence-electron chi connectivity index (χ3n) is 4.35. The SMILES string of the molecule is CC(C)c1ccc(NC(=O)C[NH+]2C[C@@H](C)C[C@H](C)C2)cc1. The van der Waals surface area contributed by atoms with E-state index in [9.17, 15) is 4.79 Å². The van der Waals surface area contributed by atoms with Gasteiger partial charge in [-0.15, -0.1) is 0 Å². The molecule has 2 N–H and O–H groups in total. The van der Waals surface area contributed by atoms with E-state index in [4.69, 9.17) is 0 Å². The lowest BCUT2D eigenvalue weighted by atomic mass is 9.92. The lowest BCUT2D eigenvalue weighted by Gasteiger charge is -2.31. The Bertz CT molecular complexity index is 457. The average molecular weight is 289 g/mol. The summed E-state index contributed by atoms with van der Waals surface area (Å²) in [5.41, 5.74) is 2.21. The molecule has 1 aromatic rings. The molecule has 1 aliphatic heterocycles. The van der Waals surface area contributed by atoms with Gasteiger partial charge in [0.2, 0.25) is 0 Å². The molecular weight excluding hydrogens is 260 g/mol. The van der Waals surface area contributed by atoms with Gasteiger partial charge in [0, 0.05) is 17.5 Å². The zero-order valence-corrected chi connectivity index (χ0v) is 13.8. The van der Waals surface area contributed by atoms with Gasteiger partial charge in [0.15, 0.2) is 6.54 Å². The van der Waals surface area contributed by atoms with Crippen LogP contribution in [-0.2, 0) is 4.79 Å². The molecule has 116 valence electrons. The quantitative estimate of drug-likeness (QED) is 0.876. The molecule has 2 rings (SSSR count). The number of quaternary nitrogens is 1. The minimum atomic E-state index is 0.128. The van der Waals surface area contributed by atoms with E-state index in [1.54, 1.807) is 0 Å². The fourth-order valence-electron chi connectivity index (χ4n) is 3.45. The molecule has 2 atom stereocenters. The van der Waals surface area contributed by atoms with E-state index < -0.39 is 0 Å². The summed E-state index contributed by atoms with van der Waals surface area (Å²) in [4.78, 5) is 13.6. The molecule has 1 aliphatic rings. The van der Waals surface area contributed by atoms with Gasteiger partial charge in [0.25, 0.3) is 5.91 Å². The van der Waals surface area contributed by atoms with Crippen LogP contribution in [0.2, 0.25) is 0 Å². The molecule has 0 radical (unpaired) electrons. The van der Waals surface area contributed by atoms with Gasteiger partial charge in [-0.3, -0.25) is 4.79 Å². The van der Waals surface area contributed by atoms with Crippen LogP contribution in [0, 0.1) is 11.8 Å². The minimum absolute atomic E-state index is 0.128. The van der Waals surface area contributed by atoms with Crippen LogP contribution < -0.4 is 10.2 Å². The minimum Gasteiger partial charge on any atom is -0.327 e. The van der Waals surface area contributed by atoms with E-state index in [0.29, 0.717) is 12.5 Å². The first-order valence-electron chi connectivity index (χ1n) is 8.17. The molecule has 1 amide bonds. The van der Waals surface area contributed by atoms with E-state index in [0.717, 1.165) is 30.6 Å². The van der Waals surface area contributed by atoms with Crippen LogP contribution in [0.5, 0.6) is 0 Å². The molecule has 1 saturated heterocycles. The summed E-state index contributed by atoms with van der Waals surface area (Å²) in [5.74, 6) is 2.10. The Morgan fingerprint density at radius 1 is 1.19 bits per heavy atom. The Hall–Kier alpha value is -1.35. The van der Waals surface area contributed by atoms with Crippen molar-refractivity contribution in [1.29, 1.82) is 0 Å². The van der Waals surface area contributed by atoms with Crippen molar-refractivity contribution in [3.8, 4) is 0 Å². The Morgan fingerprint density at radius 3 is 2.29 bits per heavy atom. The van der Waals surface area contributed by atoms with Gasteiger partial charge in [-0.2, -0.15) is 0 Å². The summed E-state index contributed by atoms with van der Waals surface area (Å²) < 4.78 is 0. The van der Waals surface area contributed by atoms with E-state index in [-0.39, 0.29) is 5.91 Å². The summed E-state index contributed by atoms with van der Waals surface area (Å²) >= 11 is 0. The molecule has 0 saturated carbocycles. The Labute approximate surface area is 128 Å². The van der Waals surface area contributed by atoms with Crippen LogP contribution in [0.4, 0.5) is 5.69 Å². The highest BCUT2D eigenvalue weighted by molar-refractivity contribution is 5.91.